The molecule has 1 N–H and O–H groups in total. The summed E-state index contributed by atoms with van der Waals surface area (Å²) < 4.78 is 2.02. The molecule has 0 aliphatic rings. The molecule has 0 radical (unpaired) electrons. The molecular formula is C15H20ClN3. The number of halogens is 1. The van der Waals surface area contributed by atoms with Gasteiger partial charge in [0.2, 0.25) is 0 Å². The van der Waals surface area contributed by atoms with Gasteiger partial charge in [-0.25, -0.2) is 4.98 Å². The number of hydrogen-bond donors (Lipinski definition) is 1. The second kappa shape index (κ2) is 6.22. The van der Waals surface area contributed by atoms with Crippen molar-refractivity contribution in [2.75, 3.05) is 13.1 Å². The maximum Gasteiger partial charge on any atom is 0.155 e. The highest BCUT2D eigenvalue weighted by atomic mass is 35.5. The molecule has 0 bridgehead atoms. The molecular weight excluding hydrogens is 258 g/mol. The van der Waals surface area contributed by atoms with Gasteiger partial charge in [-0.15, -0.1) is 0 Å². The van der Waals surface area contributed by atoms with Crippen LogP contribution in [0.15, 0.2) is 30.0 Å². The van der Waals surface area contributed by atoms with E-state index in [0.717, 1.165) is 24.4 Å². The Morgan fingerprint density at radius 3 is 2.95 bits per heavy atom. The number of pyridine rings is 1. The zero-order valence-electron chi connectivity index (χ0n) is 11.7. The second-order valence-electron chi connectivity index (χ2n) is 4.87. The van der Waals surface area contributed by atoms with Crippen LogP contribution in [0.2, 0.25) is 5.15 Å². The molecule has 2 rings (SSSR count). The van der Waals surface area contributed by atoms with Crippen LogP contribution < -0.4 is 5.32 Å². The van der Waals surface area contributed by atoms with Gasteiger partial charge in [-0.3, -0.25) is 4.40 Å². The number of fused-ring (bicyclic) bond motifs is 1. The van der Waals surface area contributed by atoms with Gasteiger partial charge in [0.15, 0.2) is 5.15 Å². The molecule has 4 heteroatoms. The smallest absolute Gasteiger partial charge is 0.155 e. The average Bonchev–Trinajstić information content (AvgIpc) is 2.70. The Kier molecular flexibility index (Phi) is 4.61. The monoisotopic (exact) mass is 277 g/mol. The number of nitrogens with zero attached hydrogens (tertiary/aromatic N) is 2. The third-order valence-corrected chi connectivity index (χ3v) is 3.44. The number of imidazole rings is 1. The first kappa shape index (κ1) is 14.1. The molecule has 102 valence electrons. The largest absolute Gasteiger partial charge is 0.313 e. The van der Waals surface area contributed by atoms with Crippen LogP contribution in [0.4, 0.5) is 0 Å². The topological polar surface area (TPSA) is 29.3 Å². The van der Waals surface area contributed by atoms with E-state index in [1.54, 1.807) is 0 Å². The normalized spacial score (nSPS) is 12.6. The Labute approximate surface area is 119 Å². The fraction of sp³-hybridized carbons (Fsp3) is 0.400. The summed E-state index contributed by atoms with van der Waals surface area (Å²) in [6.07, 6.45) is 4.14. The molecule has 0 saturated carbocycles. The third-order valence-electron chi connectivity index (χ3n) is 3.16. The van der Waals surface area contributed by atoms with E-state index in [1.807, 2.05) is 28.8 Å². The highest BCUT2D eigenvalue weighted by Gasteiger charge is 2.10. The minimum absolute atomic E-state index is 0.476. The summed E-state index contributed by atoms with van der Waals surface area (Å²) in [7, 11) is 0. The van der Waals surface area contributed by atoms with Crippen LogP contribution in [0, 0.1) is 5.92 Å². The lowest BCUT2D eigenvalue weighted by Gasteiger charge is -2.12. The summed E-state index contributed by atoms with van der Waals surface area (Å²) in [4.78, 5) is 4.37. The first-order chi connectivity index (χ1) is 9.13. The highest BCUT2D eigenvalue weighted by Crippen LogP contribution is 2.22. The van der Waals surface area contributed by atoms with E-state index in [2.05, 4.69) is 37.1 Å². The van der Waals surface area contributed by atoms with Gasteiger partial charge in [0.25, 0.3) is 0 Å². The number of aromatic nitrogens is 2. The summed E-state index contributed by atoms with van der Waals surface area (Å²) in [5, 5.41) is 3.92. The molecule has 2 aromatic heterocycles. The molecule has 0 aliphatic carbocycles. The molecule has 0 unspecified atom stereocenters. The van der Waals surface area contributed by atoms with Crippen LogP contribution in [0.1, 0.15) is 26.5 Å². The summed E-state index contributed by atoms with van der Waals surface area (Å²) in [5.41, 5.74) is 3.17. The predicted molar refractivity (Wildman–Crippen MR) is 81.6 cm³/mol. The molecule has 3 nitrogen and oxygen atoms in total. The number of likely N-dealkylation sites (N-methyl/N-ethyl adjacent to an activating group) is 1. The highest BCUT2D eigenvalue weighted by molar-refractivity contribution is 6.31. The van der Waals surface area contributed by atoms with E-state index >= 15 is 0 Å². The van der Waals surface area contributed by atoms with Crippen LogP contribution >= 0.6 is 11.6 Å². The summed E-state index contributed by atoms with van der Waals surface area (Å²) >= 11 is 6.25. The van der Waals surface area contributed by atoms with Crippen molar-refractivity contribution in [2.45, 2.75) is 20.8 Å². The molecule has 2 aromatic rings. The van der Waals surface area contributed by atoms with E-state index in [4.69, 9.17) is 11.6 Å². The molecule has 0 aromatic carbocycles. The van der Waals surface area contributed by atoms with E-state index in [1.165, 1.54) is 5.57 Å². The van der Waals surface area contributed by atoms with Crippen LogP contribution in [0.25, 0.3) is 11.7 Å². The summed E-state index contributed by atoms with van der Waals surface area (Å²) in [5.74, 6) is 0.476. The average molecular weight is 278 g/mol. The number of hydrogen-bond acceptors (Lipinski definition) is 2. The minimum Gasteiger partial charge on any atom is -0.313 e. The Bertz CT molecular complexity index is 584. The van der Waals surface area contributed by atoms with Crippen LogP contribution in [-0.2, 0) is 0 Å². The van der Waals surface area contributed by atoms with E-state index < -0.39 is 0 Å². The Hall–Kier alpha value is -1.32. The molecule has 0 fully saturated rings. The van der Waals surface area contributed by atoms with Crippen LogP contribution in [-0.4, -0.2) is 22.5 Å². The SMILES string of the molecule is CCNCC(=Cc1c(Cl)nc2ccccn12)C(C)C. The van der Waals surface area contributed by atoms with Crippen molar-refractivity contribution in [1.29, 1.82) is 0 Å². The molecule has 19 heavy (non-hydrogen) atoms. The van der Waals surface area contributed by atoms with Crippen LogP contribution in [0.5, 0.6) is 0 Å². The Morgan fingerprint density at radius 2 is 2.26 bits per heavy atom. The standard InChI is InChI=1S/C15H20ClN3/c1-4-17-10-12(11(2)3)9-13-15(16)18-14-7-5-6-8-19(13)14/h5-9,11,17H,4,10H2,1-3H3. The van der Waals surface area contributed by atoms with E-state index in [9.17, 15) is 0 Å². The van der Waals surface area contributed by atoms with Crippen molar-refractivity contribution in [1.82, 2.24) is 14.7 Å². The van der Waals surface area contributed by atoms with Crippen molar-refractivity contribution in [3.63, 3.8) is 0 Å². The van der Waals surface area contributed by atoms with Crippen LogP contribution in [0.3, 0.4) is 0 Å². The maximum absolute atomic E-state index is 6.25. The lowest BCUT2D eigenvalue weighted by molar-refractivity contribution is 0.682. The lowest BCUT2D eigenvalue weighted by Crippen LogP contribution is -2.18. The molecule has 0 amide bonds. The molecule has 0 spiro atoms. The van der Waals surface area contributed by atoms with Crippen molar-refractivity contribution in [3.8, 4) is 0 Å². The van der Waals surface area contributed by atoms with Crippen molar-refractivity contribution >= 4 is 23.3 Å². The second-order valence-corrected chi connectivity index (χ2v) is 5.23. The number of rotatable bonds is 5. The van der Waals surface area contributed by atoms with Crippen molar-refractivity contribution in [2.24, 2.45) is 5.92 Å². The molecule has 0 aliphatic heterocycles. The van der Waals surface area contributed by atoms with Crippen molar-refractivity contribution in [3.05, 3.63) is 40.8 Å². The van der Waals surface area contributed by atoms with Gasteiger partial charge < -0.3 is 5.32 Å². The minimum atomic E-state index is 0.476. The number of nitrogens with one attached hydrogen (secondary N) is 1. The maximum atomic E-state index is 6.25. The molecule has 0 atom stereocenters. The third kappa shape index (κ3) is 3.17. The van der Waals surface area contributed by atoms with Gasteiger partial charge in [-0.1, -0.05) is 44.0 Å². The quantitative estimate of drug-likeness (QED) is 0.904. The van der Waals surface area contributed by atoms with Gasteiger partial charge >= 0.3 is 0 Å². The van der Waals surface area contributed by atoms with Gasteiger partial charge in [0, 0.05) is 12.7 Å². The summed E-state index contributed by atoms with van der Waals surface area (Å²) in [6.45, 7) is 8.34. The Balaban J connectivity index is 2.44. The zero-order valence-corrected chi connectivity index (χ0v) is 12.4. The lowest BCUT2D eigenvalue weighted by atomic mass is 10.0. The van der Waals surface area contributed by atoms with Gasteiger partial charge in [0.1, 0.15) is 5.65 Å². The van der Waals surface area contributed by atoms with Gasteiger partial charge in [-0.05, 0) is 30.7 Å². The summed E-state index contributed by atoms with van der Waals surface area (Å²) in [6, 6.07) is 5.92. The fourth-order valence-corrected chi connectivity index (χ4v) is 2.21. The van der Waals surface area contributed by atoms with Gasteiger partial charge in [0.05, 0.1) is 5.69 Å². The Morgan fingerprint density at radius 1 is 1.47 bits per heavy atom. The molecule has 2 heterocycles. The first-order valence-corrected chi connectivity index (χ1v) is 7.05. The first-order valence-electron chi connectivity index (χ1n) is 6.67. The molecule has 0 saturated heterocycles. The van der Waals surface area contributed by atoms with Gasteiger partial charge in [-0.2, -0.15) is 0 Å². The van der Waals surface area contributed by atoms with E-state index in [0.29, 0.717) is 11.1 Å². The zero-order chi connectivity index (χ0) is 13.8. The fourth-order valence-electron chi connectivity index (χ4n) is 1.98. The van der Waals surface area contributed by atoms with Crippen molar-refractivity contribution < 1.29 is 0 Å². The predicted octanol–water partition coefficient (Wildman–Crippen LogP) is 3.64. The van der Waals surface area contributed by atoms with E-state index in [-0.39, 0.29) is 0 Å².